The molecule has 1 atom stereocenters. The van der Waals surface area contributed by atoms with Crippen LogP contribution in [-0.2, 0) is 19.6 Å². The first kappa shape index (κ1) is 17.6. The lowest BCUT2D eigenvalue weighted by Gasteiger charge is -2.17. The molecule has 1 amide bonds. The van der Waals surface area contributed by atoms with E-state index in [0.717, 1.165) is 12.0 Å². The first-order valence-corrected chi connectivity index (χ1v) is 8.44. The molecule has 7 heteroatoms. The van der Waals surface area contributed by atoms with Crippen molar-refractivity contribution in [2.45, 2.75) is 25.9 Å². The van der Waals surface area contributed by atoms with Crippen molar-refractivity contribution in [1.29, 1.82) is 0 Å². The van der Waals surface area contributed by atoms with Gasteiger partial charge in [0.15, 0.2) is 6.10 Å². The van der Waals surface area contributed by atoms with Crippen LogP contribution in [0.15, 0.2) is 30.3 Å². The fourth-order valence-electron chi connectivity index (χ4n) is 1.75. The SMILES string of the molecule is CCCOC(C(=O)NCCCS(=O)(=O)O)c1ccccc1. The minimum atomic E-state index is -3.99. The Morgan fingerprint density at radius 3 is 2.57 bits per heavy atom. The van der Waals surface area contributed by atoms with Crippen LogP contribution in [-0.4, -0.2) is 37.8 Å². The lowest BCUT2D eigenvalue weighted by Crippen LogP contribution is -2.32. The smallest absolute Gasteiger partial charge is 0.264 e. The van der Waals surface area contributed by atoms with Crippen LogP contribution in [0.25, 0.3) is 0 Å². The van der Waals surface area contributed by atoms with Gasteiger partial charge in [-0.1, -0.05) is 37.3 Å². The van der Waals surface area contributed by atoms with Crippen molar-refractivity contribution in [2.75, 3.05) is 18.9 Å². The van der Waals surface area contributed by atoms with Gasteiger partial charge in [0.05, 0.1) is 5.75 Å². The Morgan fingerprint density at radius 1 is 1.33 bits per heavy atom. The van der Waals surface area contributed by atoms with E-state index in [1.807, 2.05) is 25.1 Å². The molecule has 0 aromatic heterocycles. The van der Waals surface area contributed by atoms with Crippen LogP contribution in [0.4, 0.5) is 0 Å². The molecule has 1 rings (SSSR count). The number of ether oxygens (including phenoxy) is 1. The Kier molecular flexibility index (Phi) is 7.35. The molecule has 118 valence electrons. The lowest BCUT2D eigenvalue weighted by atomic mass is 10.1. The van der Waals surface area contributed by atoms with Crippen molar-refractivity contribution in [3.8, 4) is 0 Å². The van der Waals surface area contributed by atoms with Gasteiger partial charge in [0.2, 0.25) is 0 Å². The normalized spacial score (nSPS) is 12.9. The second kappa shape index (κ2) is 8.76. The molecule has 2 N–H and O–H groups in total. The van der Waals surface area contributed by atoms with Gasteiger partial charge in [-0.2, -0.15) is 8.42 Å². The third-order valence-electron chi connectivity index (χ3n) is 2.71. The first-order chi connectivity index (χ1) is 9.94. The van der Waals surface area contributed by atoms with Gasteiger partial charge >= 0.3 is 0 Å². The molecule has 6 nitrogen and oxygen atoms in total. The molecule has 1 aromatic rings. The molecule has 0 heterocycles. The zero-order valence-electron chi connectivity index (χ0n) is 12.0. The molecular weight excluding hydrogens is 294 g/mol. The fourth-order valence-corrected chi connectivity index (χ4v) is 2.25. The number of amides is 1. The average molecular weight is 315 g/mol. The molecule has 0 fully saturated rings. The van der Waals surface area contributed by atoms with Crippen LogP contribution in [0.2, 0.25) is 0 Å². The summed E-state index contributed by atoms with van der Waals surface area (Å²) in [6.07, 6.45) is 0.232. The summed E-state index contributed by atoms with van der Waals surface area (Å²) in [6, 6.07) is 9.10. The predicted molar refractivity (Wildman–Crippen MR) is 79.5 cm³/mol. The van der Waals surface area contributed by atoms with E-state index in [2.05, 4.69) is 5.32 Å². The Hall–Kier alpha value is -1.44. The van der Waals surface area contributed by atoms with E-state index in [0.29, 0.717) is 6.61 Å². The molecule has 0 aliphatic carbocycles. The van der Waals surface area contributed by atoms with E-state index in [9.17, 15) is 13.2 Å². The number of hydrogen-bond donors (Lipinski definition) is 2. The van der Waals surface area contributed by atoms with Gasteiger partial charge in [0.25, 0.3) is 16.0 Å². The van der Waals surface area contributed by atoms with E-state index in [4.69, 9.17) is 9.29 Å². The maximum atomic E-state index is 12.1. The number of nitrogens with one attached hydrogen (secondary N) is 1. The molecule has 1 unspecified atom stereocenters. The molecule has 0 bridgehead atoms. The molecule has 0 radical (unpaired) electrons. The number of benzene rings is 1. The summed E-state index contributed by atoms with van der Waals surface area (Å²) in [7, 11) is -3.99. The molecule has 0 spiro atoms. The third-order valence-corrected chi connectivity index (χ3v) is 3.51. The molecular formula is C14H21NO5S. The van der Waals surface area contributed by atoms with Crippen molar-refractivity contribution in [3.63, 3.8) is 0 Å². The summed E-state index contributed by atoms with van der Waals surface area (Å²) in [5.41, 5.74) is 0.748. The molecule has 0 aliphatic heterocycles. The van der Waals surface area contributed by atoms with Gasteiger partial charge in [0, 0.05) is 13.2 Å². The van der Waals surface area contributed by atoms with Gasteiger partial charge in [0.1, 0.15) is 0 Å². The van der Waals surface area contributed by atoms with Crippen LogP contribution >= 0.6 is 0 Å². The molecule has 0 saturated heterocycles. The zero-order chi connectivity index (χ0) is 15.7. The minimum absolute atomic E-state index is 0.153. The molecule has 21 heavy (non-hydrogen) atoms. The number of carbonyl (C=O) groups excluding carboxylic acids is 1. The Labute approximate surface area is 125 Å². The monoisotopic (exact) mass is 315 g/mol. The van der Waals surface area contributed by atoms with Crippen molar-refractivity contribution in [2.24, 2.45) is 0 Å². The van der Waals surface area contributed by atoms with Gasteiger partial charge < -0.3 is 10.1 Å². The highest BCUT2D eigenvalue weighted by atomic mass is 32.2. The van der Waals surface area contributed by atoms with Crippen molar-refractivity contribution in [3.05, 3.63) is 35.9 Å². The van der Waals surface area contributed by atoms with E-state index >= 15 is 0 Å². The van der Waals surface area contributed by atoms with Crippen LogP contribution in [0.1, 0.15) is 31.4 Å². The summed E-state index contributed by atoms with van der Waals surface area (Å²) < 4.78 is 35.4. The van der Waals surface area contributed by atoms with Crippen LogP contribution in [0.3, 0.4) is 0 Å². The van der Waals surface area contributed by atoms with Gasteiger partial charge in [-0.15, -0.1) is 0 Å². The van der Waals surface area contributed by atoms with Crippen molar-refractivity contribution < 1.29 is 22.5 Å². The van der Waals surface area contributed by atoms with E-state index in [1.54, 1.807) is 12.1 Å². The van der Waals surface area contributed by atoms with Crippen LogP contribution < -0.4 is 5.32 Å². The Balaban J connectivity index is 2.56. The van der Waals surface area contributed by atoms with E-state index < -0.39 is 16.2 Å². The van der Waals surface area contributed by atoms with Crippen LogP contribution in [0, 0.1) is 0 Å². The first-order valence-electron chi connectivity index (χ1n) is 6.83. The summed E-state index contributed by atoms with van der Waals surface area (Å²) in [5.74, 6) is -0.691. The fraction of sp³-hybridized carbons (Fsp3) is 0.500. The van der Waals surface area contributed by atoms with Crippen molar-refractivity contribution >= 4 is 16.0 Å². The second-order valence-corrected chi connectivity index (χ2v) is 6.16. The number of hydrogen-bond acceptors (Lipinski definition) is 4. The topological polar surface area (TPSA) is 92.7 Å². The molecule has 1 aromatic carbocycles. The Bertz CT molecular complexity index is 530. The van der Waals surface area contributed by atoms with Gasteiger partial charge in [-0.3, -0.25) is 9.35 Å². The zero-order valence-corrected chi connectivity index (χ0v) is 12.8. The van der Waals surface area contributed by atoms with Crippen LogP contribution in [0.5, 0.6) is 0 Å². The minimum Gasteiger partial charge on any atom is -0.364 e. The number of carbonyl (C=O) groups is 1. The molecule has 0 aliphatic rings. The van der Waals surface area contributed by atoms with E-state index in [-0.39, 0.29) is 24.6 Å². The highest BCUT2D eigenvalue weighted by molar-refractivity contribution is 7.85. The number of rotatable bonds is 9. The van der Waals surface area contributed by atoms with Gasteiger partial charge in [-0.25, -0.2) is 0 Å². The lowest BCUT2D eigenvalue weighted by molar-refractivity contribution is -0.133. The third kappa shape index (κ3) is 7.22. The largest absolute Gasteiger partial charge is 0.364 e. The van der Waals surface area contributed by atoms with E-state index in [1.165, 1.54) is 0 Å². The maximum Gasteiger partial charge on any atom is 0.264 e. The molecule has 0 saturated carbocycles. The standard InChI is InChI=1S/C14H21NO5S/c1-2-10-20-13(12-7-4-3-5-8-12)14(16)15-9-6-11-21(17,18)19/h3-5,7-8,13H,2,6,9-11H2,1H3,(H,15,16)(H,17,18,19). The quantitative estimate of drug-likeness (QED) is 0.533. The summed E-state index contributed by atoms with van der Waals surface area (Å²) >= 11 is 0. The summed E-state index contributed by atoms with van der Waals surface area (Å²) in [4.78, 5) is 12.1. The maximum absolute atomic E-state index is 12.1. The van der Waals surface area contributed by atoms with Crippen molar-refractivity contribution in [1.82, 2.24) is 5.32 Å². The summed E-state index contributed by atoms with van der Waals surface area (Å²) in [6.45, 7) is 2.57. The predicted octanol–water partition coefficient (Wildman–Crippen LogP) is 1.55. The Morgan fingerprint density at radius 2 is 2.00 bits per heavy atom. The average Bonchev–Trinajstić information content (AvgIpc) is 2.44. The second-order valence-electron chi connectivity index (χ2n) is 4.59. The highest BCUT2D eigenvalue weighted by Gasteiger charge is 2.20. The summed E-state index contributed by atoms with van der Waals surface area (Å²) in [5, 5.41) is 2.62. The van der Waals surface area contributed by atoms with Gasteiger partial charge in [-0.05, 0) is 18.4 Å². The highest BCUT2D eigenvalue weighted by Crippen LogP contribution is 2.17.